The number of nitrogens with zero attached hydrogens (tertiary/aromatic N) is 6. The third kappa shape index (κ3) is 9.99. The van der Waals surface area contributed by atoms with Crippen molar-refractivity contribution in [2.75, 3.05) is 116 Å². The van der Waals surface area contributed by atoms with Gasteiger partial charge in [-0.3, -0.25) is 4.90 Å². The number of hydrogen-bond donors (Lipinski definition) is 5. The lowest BCUT2D eigenvalue weighted by Crippen LogP contribution is -2.49. The number of fused-ring (bicyclic) bond motifs is 1. The van der Waals surface area contributed by atoms with Crippen molar-refractivity contribution in [3.63, 3.8) is 0 Å². The molecule has 0 bridgehead atoms. The van der Waals surface area contributed by atoms with E-state index in [4.69, 9.17) is 9.73 Å². The molecule has 308 valence electrons. The Labute approximate surface area is 345 Å². The van der Waals surface area contributed by atoms with Crippen LogP contribution in [0.2, 0.25) is 0 Å². The van der Waals surface area contributed by atoms with Crippen molar-refractivity contribution >= 4 is 40.3 Å². The van der Waals surface area contributed by atoms with E-state index in [0.29, 0.717) is 12.5 Å². The van der Waals surface area contributed by atoms with Gasteiger partial charge in [-0.1, -0.05) is 19.7 Å². The Bertz CT molecular complexity index is 1970. The van der Waals surface area contributed by atoms with Gasteiger partial charge in [0.1, 0.15) is 12.3 Å². The van der Waals surface area contributed by atoms with Gasteiger partial charge in [0, 0.05) is 111 Å². The molecule has 3 aromatic rings. The fraction of sp³-hybridized carbons (Fsp3) is 0.457. The van der Waals surface area contributed by atoms with Crippen LogP contribution in [0, 0.1) is 19.8 Å². The summed E-state index contributed by atoms with van der Waals surface area (Å²) in [4.78, 5) is 19.6. The quantitative estimate of drug-likeness (QED) is 0.129. The molecule has 12 nitrogen and oxygen atoms in total. The van der Waals surface area contributed by atoms with Gasteiger partial charge < -0.3 is 46.0 Å². The van der Waals surface area contributed by atoms with Crippen LogP contribution < -0.4 is 46.0 Å². The maximum absolute atomic E-state index is 5.76. The minimum atomic E-state index is -0.203. The maximum Gasteiger partial charge on any atom is 0.237 e. The van der Waals surface area contributed by atoms with E-state index >= 15 is 0 Å². The van der Waals surface area contributed by atoms with Gasteiger partial charge >= 0.3 is 0 Å². The monoisotopic (exact) mass is 786 g/mol. The third-order valence-corrected chi connectivity index (χ3v) is 11.9. The lowest BCUT2D eigenvalue weighted by atomic mass is 9.95. The van der Waals surface area contributed by atoms with Crippen molar-refractivity contribution < 1.29 is 4.74 Å². The topological polar surface area (TPSA) is 108 Å². The number of rotatable bonds is 12. The molecule has 5 aliphatic rings. The van der Waals surface area contributed by atoms with Crippen LogP contribution in [0.25, 0.3) is 0 Å². The molecule has 2 fully saturated rings. The summed E-state index contributed by atoms with van der Waals surface area (Å²) in [6.07, 6.45) is 8.16. The molecule has 0 saturated carbocycles. The number of piperazine rings is 1. The van der Waals surface area contributed by atoms with E-state index in [-0.39, 0.29) is 6.29 Å². The zero-order chi connectivity index (χ0) is 40.4. The first-order chi connectivity index (χ1) is 28.3. The largest absolute Gasteiger partial charge is 0.474 e. The first-order valence-corrected chi connectivity index (χ1v) is 21.0. The highest BCUT2D eigenvalue weighted by atomic mass is 16.5. The first-order valence-electron chi connectivity index (χ1n) is 21.0. The normalized spacial score (nSPS) is 19.4. The van der Waals surface area contributed by atoms with Gasteiger partial charge in [-0.15, -0.1) is 5.73 Å². The number of pyridine rings is 1. The predicted octanol–water partition coefficient (Wildman–Crippen LogP) is 6.57. The third-order valence-electron chi connectivity index (χ3n) is 11.9. The van der Waals surface area contributed by atoms with Crippen LogP contribution in [0.15, 0.2) is 96.1 Å². The number of aryl methyl sites for hydroxylation is 1. The van der Waals surface area contributed by atoms with Crippen LogP contribution in [0.5, 0.6) is 5.88 Å². The van der Waals surface area contributed by atoms with Crippen molar-refractivity contribution in [1.29, 1.82) is 0 Å². The van der Waals surface area contributed by atoms with Crippen molar-refractivity contribution in [1.82, 2.24) is 20.5 Å². The summed E-state index contributed by atoms with van der Waals surface area (Å²) in [6.45, 7) is 26.8. The van der Waals surface area contributed by atoms with Crippen molar-refractivity contribution in [3.8, 4) is 5.88 Å². The number of nitrogens with one attached hydrogen (secondary N) is 5. The Morgan fingerprint density at radius 1 is 0.948 bits per heavy atom. The second kappa shape index (κ2) is 19.4. The van der Waals surface area contributed by atoms with E-state index in [2.05, 4.69) is 139 Å². The maximum atomic E-state index is 5.76. The molecule has 58 heavy (non-hydrogen) atoms. The molecule has 0 spiro atoms. The number of benzene rings is 2. The lowest BCUT2D eigenvalue weighted by Gasteiger charge is -2.40. The number of aromatic nitrogens is 1. The highest BCUT2D eigenvalue weighted by Gasteiger charge is 2.28. The van der Waals surface area contributed by atoms with Crippen LogP contribution in [0.4, 0.5) is 34.1 Å². The zero-order valence-electron chi connectivity index (χ0n) is 34.9. The Balaban J connectivity index is 0.00000166. The SMILES string of the molecule is C=C(CCNC)Nc1ccc(N2CCN(CC3CCN(c4ccc(NC5N=CC6=C(CN(c7cnc8c(c7C)NCCO8)CC6)N5)cc4)CC3)CC2)cc1C.C=C=C. The van der Waals surface area contributed by atoms with Crippen LogP contribution in [-0.2, 0) is 0 Å². The fourth-order valence-electron chi connectivity index (χ4n) is 8.60. The Morgan fingerprint density at radius 2 is 1.69 bits per heavy atom. The van der Waals surface area contributed by atoms with Crippen LogP contribution >= 0.6 is 0 Å². The molecule has 0 aliphatic carbocycles. The molecule has 0 amide bonds. The number of piperidine rings is 1. The zero-order valence-corrected chi connectivity index (χ0v) is 34.9. The molecule has 1 atom stereocenters. The summed E-state index contributed by atoms with van der Waals surface area (Å²) in [5.74, 6) is 1.47. The van der Waals surface area contributed by atoms with Crippen LogP contribution in [0.3, 0.4) is 0 Å². The molecule has 12 heteroatoms. The molecule has 1 aromatic heterocycles. The highest BCUT2D eigenvalue weighted by Crippen LogP contribution is 2.36. The van der Waals surface area contributed by atoms with Crippen LogP contribution in [-0.4, -0.2) is 108 Å². The summed E-state index contributed by atoms with van der Waals surface area (Å²) in [5.41, 5.74) is 15.3. The van der Waals surface area contributed by atoms with E-state index in [1.807, 2.05) is 13.2 Å². The number of ether oxygens (including phenoxy) is 1. The van der Waals surface area contributed by atoms with Gasteiger partial charge in [0.25, 0.3) is 0 Å². The van der Waals surface area contributed by atoms with Gasteiger partial charge in [0.2, 0.25) is 5.88 Å². The van der Waals surface area contributed by atoms with Crippen molar-refractivity contribution in [2.45, 2.75) is 45.8 Å². The molecular weight excluding hydrogens is 723 g/mol. The average molecular weight is 786 g/mol. The Hall–Kier alpha value is -5.42. The van der Waals surface area contributed by atoms with Gasteiger partial charge in [0.15, 0.2) is 6.29 Å². The second-order valence-electron chi connectivity index (χ2n) is 16.0. The fourth-order valence-corrected chi connectivity index (χ4v) is 8.60. The second-order valence-corrected chi connectivity index (χ2v) is 16.0. The minimum Gasteiger partial charge on any atom is -0.474 e. The standard InChI is InChI=1S/C43H59N11O.C3H4/c1-30-25-37(9-10-38(30)48-31(2)11-15-44-4)53-22-20-51(21-23-53)28-33-12-17-52(18-13-33)36-7-5-35(6-8-36)49-43-47-26-34-14-19-54(29-39(34)50-43)40-27-46-42-41(32(40)3)45-16-24-55-42;1-3-2/h5-10,25-27,33,43-45,48-50H,2,11-24,28-29H2,1,3-4H3;1-2H2. The van der Waals surface area contributed by atoms with E-state index in [0.717, 1.165) is 113 Å². The molecule has 6 heterocycles. The van der Waals surface area contributed by atoms with Crippen LogP contribution in [0.1, 0.15) is 36.8 Å². The molecule has 2 aromatic carbocycles. The molecule has 8 rings (SSSR count). The first kappa shape index (κ1) is 40.8. The van der Waals surface area contributed by atoms with E-state index in [1.165, 1.54) is 53.2 Å². The van der Waals surface area contributed by atoms with Gasteiger partial charge in [-0.2, -0.15) is 0 Å². The van der Waals surface area contributed by atoms with Crippen molar-refractivity contribution in [2.24, 2.45) is 10.9 Å². The molecule has 0 radical (unpaired) electrons. The predicted molar refractivity (Wildman–Crippen MR) is 243 cm³/mol. The summed E-state index contributed by atoms with van der Waals surface area (Å²) >= 11 is 0. The van der Waals surface area contributed by atoms with Gasteiger partial charge in [-0.25, -0.2) is 9.98 Å². The van der Waals surface area contributed by atoms with E-state index in [9.17, 15) is 0 Å². The molecule has 1 unspecified atom stereocenters. The molecule has 5 aliphatic heterocycles. The summed E-state index contributed by atoms with van der Waals surface area (Å²) < 4.78 is 5.76. The molecular formula is C46H63N11O. The summed E-state index contributed by atoms with van der Waals surface area (Å²) in [7, 11) is 1.97. The summed E-state index contributed by atoms with van der Waals surface area (Å²) in [6, 6.07) is 15.7. The number of anilines is 6. The number of aliphatic imine (C=N–C) groups is 1. The number of hydrogen-bond acceptors (Lipinski definition) is 12. The van der Waals surface area contributed by atoms with E-state index < -0.39 is 0 Å². The average Bonchev–Trinajstić information content (AvgIpc) is 3.25. The Kier molecular flexibility index (Phi) is 13.6. The smallest absolute Gasteiger partial charge is 0.237 e. The van der Waals surface area contributed by atoms with E-state index in [1.54, 1.807) is 0 Å². The Morgan fingerprint density at radius 3 is 2.43 bits per heavy atom. The van der Waals surface area contributed by atoms with Crippen molar-refractivity contribution in [3.05, 3.63) is 102 Å². The molecule has 2 saturated heterocycles. The minimum absolute atomic E-state index is 0.203. The van der Waals surface area contributed by atoms with Gasteiger partial charge in [0.05, 0.1) is 18.4 Å². The highest BCUT2D eigenvalue weighted by molar-refractivity contribution is 5.82. The lowest BCUT2D eigenvalue weighted by molar-refractivity contribution is 0.201. The van der Waals surface area contributed by atoms with Gasteiger partial charge in [-0.05, 0) is 106 Å². The summed E-state index contributed by atoms with van der Waals surface area (Å²) in [5, 5.41) is 17.4. The molecule has 5 N–H and O–H groups in total.